The van der Waals surface area contributed by atoms with Gasteiger partial charge in [0.05, 0.1) is 24.1 Å². The van der Waals surface area contributed by atoms with Crippen LogP contribution in [0.5, 0.6) is 5.75 Å². The molecular weight excluding hydrogens is 376 g/mol. The first-order chi connectivity index (χ1) is 14.6. The number of carbonyl (C=O) groups excluding carboxylic acids is 1. The van der Waals surface area contributed by atoms with Crippen LogP contribution in [0.15, 0.2) is 71.8 Å². The molecule has 1 amide bonds. The van der Waals surface area contributed by atoms with Gasteiger partial charge in [-0.25, -0.2) is 5.43 Å². The predicted molar refractivity (Wildman–Crippen MR) is 119 cm³/mol. The highest BCUT2D eigenvalue weighted by molar-refractivity contribution is 6.02. The van der Waals surface area contributed by atoms with Crippen molar-refractivity contribution in [2.75, 3.05) is 7.11 Å². The molecule has 6 heteroatoms. The van der Waals surface area contributed by atoms with Crippen LogP contribution in [0.3, 0.4) is 0 Å². The Labute approximate surface area is 174 Å². The highest BCUT2D eigenvalue weighted by Crippen LogP contribution is 2.36. The third-order valence-electron chi connectivity index (χ3n) is 4.98. The number of H-pyrrole nitrogens is 1. The van der Waals surface area contributed by atoms with E-state index in [9.17, 15) is 4.79 Å². The molecule has 0 unspecified atom stereocenters. The lowest BCUT2D eigenvalue weighted by atomic mass is 10.0. The monoisotopic (exact) mass is 398 g/mol. The van der Waals surface area contributed by atoms with Gasteiger partial charge in [-0.3, -0.25) is 9.89 Å². The van der Waals surface area contributed by atoms with Crippen LogP contribution in [0.25, 0.3) is 22.0 Å². The Morgan fingerprint density at radius 3 is 2.60 bits per heavy atom. The number of hydrazone groups is 1. The number of benzene rings is 3. The average Bonchev–Trinajstić information content (AvgIpc) is 3.26. The van der Waals surface area contributed by atoms with Crippen molar-refractivity contribution in [2.24, 2.45) is 5.10 Å². The number of fused-ring (bicyclic) bond motifs is 1. The summed E-state index contributed by atoms with van der Waals surface area (Å²) in [7, 11) is 1.62. The van der Waals surface area contributed by atoms with Crippen LogP contribution in [0.1, 0.15) is 28.5 Å². The fourth-order valence-electron chi connectivity index (χ4n) is 3.31. The summed E-state index contributed by atoms with van der Waals surface area (Å²) in [6.07, 6.45) is 0. The third-order valence-corrected chi connectivity index (χ3v) is 4.98. The second kappa shape index (κ2) is 8.21. The third kappa shape index (κ3) is 3.80. The van der Waals surface area contributed by atoms with Crippen molar-refractivity contribution in [3.8, 4) is 17.0 Å². The fourth-order valence-corrected chi connectivity index (χ4v) is 3.31. The van der Waals surface area contributed by atoms with E-state index in [1.54, 1.807) is 13.2 Å². The van der Waals surface area contributed by atoms with E-state index in [1.807, 2.05) is 74.5 Å². The van der Waals surface area contributed by atoms with Crippen molar-refractivity contribution in [2.45, 2.75) is 13.8 Å². The zero-order chi connectivity index (χ0) is 21.1. The molecule has 1 heterocycles. The maximum absolute atomic E-state index is 12.6. The van der Waals surface area contributed by atoms with Crippen molar-refractivity contribution in [3.05, 3.63) is 83.6 Å². The summed E-state index contributed by atoms with van der Waals surface area (Å²) in [4.78, 5) is 12.6. The van der Waals surface area contributed by atoms with Gasteiger partial charge in [-0.05, 0) is 42.3 Å². The van der Waals surface area contributed by atoms with Gasteiger partial charge in [-0.1, -0.05) is 60.2 Å². The lowest BCUT2D eigenvalue weighted by Gasteiger charge is -2.09. The Kier molecular flexibility index (Phi) is 5.30. The SMILES string of the molecule is COc1ccc2ccccc2c1-c1cc(C(=O)NN=C(C)c2ccc(C)cc2)[nH]n1. The van der Waals surface area contributed by atoms with Gasteiger partial charge in [0.25, 0.3) is 5.91 Å². The molecule has 0 saturated carbocycles. The molecule has 150 valence electrons. The second-order valence-electron chi connectivity index (χ2n) is 7.03. The minimum Gasteiger partial charge on any atom is -0.496 e. The lowest BCUT2D eigenvalue weighted by molar-refractivity contribution is 0.0950. The molecule has 0 fully saturated rings. The van der Waals surface area contributed by atoms with E-state index >= 15 is 0 Å². The van der Waals surface area contributed by atoms with Crippen LogP contribution >= 0.6 is 0 Å². The summed E-state index contributed by atoms with van der Waals surface area (Å²) in [6.45, 7) is 3.88. The largest absolute Gasteiger partial charge is 0.496 e. The van der Waals surface area contributed by atoms with Gasteiger partial charge in [-0.2, -0.15) is 10.2 Å². The van der Waals surface area contributed by atoms with Crippen LogP contribution in [0, 0.1) is 6.92 Å². The summed E-state index contributed by atoms with van der Waals surface area (Å²) in [5, 5.41) is 13.4. The normalized spacial score (nSPS) is 11.5. The van der Waals surface area contributed by atoms with E-state index in [0.717, 1.165) is 27.6 Å². The Hall–Kier alpha value is -3.93. The number of amides is 1. The number of nitrogens with one attached hydrogen (secondary N) is 2. The molecule has 0 spiro atoms. The van der Waals surface area contributed by atoms with Gasteiger partial charge in [0.15, 0.2) is 0 Å². The Bertz CT molecular complexity index is 1240. The maximum Gasteiger partial charge on any atom is 0.289 e. The van der Waals surface area contributed by atoms with Gasteiger partial charge in [-0.15, -0.1) is 0 Å². The molecule has 0 radical (unpaired) electrons. The first-order valence-electron chi connectivity index (χ1n) is 9.60. The molecule has 0 bridgehead atoms. The molecule has 0 aliphatic carbocycles. The van der Waals surface area contributed by atoms with Crippen LogP contribution in [-0.2, 0) is 0 Å². The van der Waals surface area contributed by atoms with Gasteiger partial charge >= 0.3 is 0 Å². The second-order valence-corrected chi connectivity index (χ2v) is 7.03. The first kappa shape index (κ1) is 19.4. The minimum absolute atomic E-state index is 0.320. The smallest absolute Gasteiger partial charge is 0.289 e. The fraction of sp³-hybridized carbons (Fsp3) is 0.125. The van der Waals surface area contributed by atoms with Crippen molar-refractivity contribution in [3.63, 3.8) is 0 Å². The molecule has 0 atom stereocenters. The number of aromatic nitrogens is 2. The van der Waals surface area contributed by atoms with Crippen molar-refractivity contribution in [1.29, 1.82) is 0 Å². The highest BCUT2D eigenvalue weighted by atomic mass is 16.5. The molecule has 3 aromatic carbocycles. The standard InChI is InChI=1S/C24H22N4O2/c1-15-8-10-17(11-9-15)16(2)25-28-24(29)21-14-20(26-27-21)23-19-7-5-4-6-18(19)12-13-22(23)30-3/h4-14H,1-3H3,(H,26,27)(H,28,29). The number of aryl methyl sites for hydroxylation is 1. The molecule has 30 heavy (non-hydrogen) atoms. The van der Waals surface area contributed by atoms with Gasteiger partial charge in [0.1, 0.15) is 11.4 Å². The van der Waals surface area contributed by atoms with E-state index in [1.165, 1.54) is 5.56 Å². The summed E-state index contributed by atoms with van der Waals surface area (Å²) < 4.78 is 5.54. The van der Waals surface area contributed by atoms with Crippen molar-refractivity contribution < 1.29 is 9.53 Å². The number of ether oxygens (including phenoxy) is 1. The molecular formula is C24H22N4O2. The molecule has 0 aliphatic heterocycles. The van der Waals surface area contributed by atoms with Crippen LogP contribution in [0.4, 0.5) is 0 Å². The number of hydrogen-bond acceptors (Lipinski definition) is 4. The van der Waals surface area contributed by atoms with E-state index in [-0.39, 0.29) is 5.91 Å². The number of aromatic amines is 1. The quantitative estimate of drug-likeness (QED) is 0.378. The Morgan fingerprint density at radius 2 is 1.83 bits per heavy atom. The molecule has 1 aromatic heterocycles. The molecule has 4 aromatic rings. The maximum atomic E-state index is 12.6. The highest BCUT2D eigenvalue weighted by Gasteiger charge is 2.16. The first-order valence-corrected chi connectivity index (χ1v) is 9.60. The van der Waals surface area contributed by atoms with Gasteiger partial charge in [0, 0.05) is 0 Å². The molecule has 0 aliphatic rings. The minimum atomic E-state index is -0.362. The molecule has 4 rings (SSSR count). The van der Waals surface area contributed by atoms with E-state index in [2.05, 4.69) is 20.7 Å². The van der Waals surface area contributed by atoms with E-state index in [4.69, 9.17) is 4.74 Å². The Balaban J connectivity index is 1.60. The Morgan fingerprint density at radius 1 is 1.07 bits per heavy atom. The number of nitrogens with zero attached hydrogens (tertiary/aromatic N) is 2. The van der Waals surface area contributed by atoms with Crippen LogP contribution in [0.2, 0.25) is 0 Å². The summed E-state index contributed by atoms with van der Waals surface area (Å²) in [6, 6.07) is 21.6. The molecule has 0 saturated heterocycles. The zero-order valence-electron chi connectivity index (χ0n) is 17.1. The van der Waals surface area contributed by atoms with Crippen LogP contribution in [-0.4, -0.2) is 28.9 Å². The summed E-state index contributed by atoms with van der Waals surface area (Å²) in [5.41, 5.74) is 7.22. The van der Waals surface area contributed by atoms with Gasteiger partial charge in [0.2, 0.25) is 0 Å². The lowest BCUT2D eigenvalue weighted by Crippen LogP contribution is -2.19. The predicted octanol–water partition coefficient (Wildman–Crippen LogP) is 4.70. The average molecular weight is 398 g/mol. The van der Waals surface area contributed by atoms with E-state index < -0.39 is 0 Å². The van der Waals surface area contributed by atoms with E-state index in [0.29, 0.717) is 17.1 Å². The summed E-state index contributed by atoms with van der Waals surface area (Å²) >= 11 is 0. The number of rotatable bonds is 5. The number of methoxy groups -OCH3 is 1. The number of hydrogen-bond donors (Lipinski definition) is 2. The zero-order valence-corrected chi connectivity index (χ0v) is 17.1. The topological polar surface area (TPSA) is 79.4 Å². The van der Waals surface area contributed by atoms with Crippen molar-refractivity contribution >= 4 is 22.4 Å². The number of carbonyl (C=O) groups is 1. The van der Waals surface area contributed by atoms with Crippen molar-refractivity contribution in [1.82, 2.24) is 15.6 Å². The van der Waals surface area contributed by atoms with Gasteiger partial charge < -0.3 is 4.74 Å². The van der Waals surface area contributed by atoms with Crippen LogP contribution < -0.4 is 10.2 Å². The molecule has 2 N–H and O–H groups in total. The molecule has 6 nitrogen and oxygen atoms in total. The summed E-state index contributed by atoms with van der Waals surface area (Å²) in [5.74, 6) is 0.333.